The molecule has 0 amide bonds. The molecule has 2 unspecified atom stereocenters. The molecule has 2 fully saturated rings. The van der Waals surface area contributed by atoms with Gasteiger partial charge in [-0.05, 0) is 25.7 Å². The van der Waals surface area contributed by atoms with E-state index in [1.165, 1.54) is 0 Å². The lowest BCUT2D eigenvalue weighted by molar-refractivity contribution is 0.111. The molecule has 0 N–H and O–H groups in total. The maximum Gasteiger partial charge on any atom is 0.164 e. The van der Waals surface area contributed by atoms with Crippen molar-refractivity contribution in [1.29, 1.82) is 0 Å². The third-order valence-electron chi connectivity index (χ3n) is 2.84. The van der Waals surface area contributed by atoms with Gasteiger partial charge >= 0.3 is 0 Å². The first-order valence-corrected chi connectivity index (χ1v) is 5.87. The van der Waals surface area contributed by atoms with Crippen LogP contribution in [-0.4, -0.2) is 25.4 Å². The van der Waals surface area contributed by atoms with Crippen molar-refractivity contribution in [1.82, 2.24) is 0 Å². The predicted octanol–water partition coefficient (Wildman–Crippen LogP) is 2.98. The number of rotatable bonds is 4. The van der Waals surface area contributed by atoms with Gasteiger partial charge in [-0.2, -0.15) is 0 Å². The smallest absolute Gasteiger partial charge is 0.164 e. The van der Waals surface area contributed by atoms with Crippen LogP contribution in [0.15, 0.2) is 24.2 Å². The molecule has 5 heteroatoms. The van der Waals surface area contributed by atoms with E-state index in [1.807, 2.05) is 0 Å². The van der Waals surface area contributed by atoms with Gasteiger partial charge in [0.25, 0.3) is 0 Å². The molecular weight excluding hydrogens is 230 g/mol. The standard InChI is InChI=1S/C12H16F2O3/c13-9(11-3-1-5-16-11)7-15-8-10(14)12-4-2-6-17-12/h7-8,11-12H,1-6H2. The third-order valence-corrected chi connectivity index (χ3v) is 2.84. The molecule has 3 nitrogen and oxygen atoms in total. The summed E-state index contributed by atoms with van der Waals surface area (Å²) >= 11 is 0. The van der Waals surface area contributed by atoms with Crippen molar-refractivity contribution >= 4 is 0 Å². The Hall–Kier alpha value is -0.940. The molecule has 2 saturated heterocycles. The van der Waals surface area contributed by atoms with E-state index in [1.54, 1.807) is 0 Å². The van der Waals surface area contributed by atoms with E-state index in [2.05, 4.69) is 0 Å². The summed E-state index contributed by atoms with van der Waals surface area (Å²) in [6.45, 7) is 1.12. The molecule has 0 radical (unpaired) electrons. The van der Waals surface area contributed by atoms with Gasteiger partial charge in [-0.15, -0.1) is 0 Å². The van der Waals surface area contributed by atoms with Gasteiger partial charge in [-0.25, -0.2) is 8.78 Å². The lowest BCUT2D eigenvalue weighted by Gasteiger charge is -2.07. The Bertz CT molecular complexity index is 273. The van der Waals surface area contributed by atoms with Gasteiger partial charge in [0.05, 0.1) is 0 Å². The van der Waals surface area contributed by atoms with Crippen LogP contribution in [0.5, 0.6) is 0 Å². The van der Waals surface area contributed by atoms with Crippen molar-refractivity contribution in [2.75, 3.05) is 13.2 Å². The molecule has 0 aliphatic carbocycles. The Morgan fingerprint density at radius 1 is 0.941 bits per heavy atom. The second-order valence-corrected chi connectivity index (χ2v) is 4.14. The molecule has 2 aliphatic heterocycles. The molecule has 0 spiro atoms. The van der Waals surface area contributed by atoms with E-state index in [-0.39, 0.29) is 0 Å². The zero-order chi connectivity index (χ0) is 12.1. The van der Waals surface area contributed by atoms with E-state index >= 15 is 0 Å². The van der Waals surface area contributed by atoms with Gasteiger partial charge in [0.1, 0.15) is 24.7 Å². The van der Waals surface area contributed by atoms with E-state index in [4.69, 9.17) is 14.2 Å². The van der Waals surface area contributed by atoms with Gasteiger partial charge in [-0.3, -0.25) is 0 Å². The summed E-state index contributed by atoms with van der Waals surface area (Å²) in [5, 5.41) is 0. The molecule has 2 rings (SSSR count). The van der Waals surface area contributed by atoms with Gasteiger partial charge in [0, 0.05) is 13.2 Å². The molecule has 2 aliphatic rings. The van der Waals surface area contributed by atoms with Crippen molar-refractivity contribution in [3.63, 3.8) is 0 Å². The SMILES string of the molecule is FC(=COC=C(F)C1CCCO1)C1CCCO1. The van der Waals surface area contributed by atoms with Crippen LogP contribution in [0, 0.1) is 0 Å². The average molecular weight is 246 g/mol. The number of ether oxygens (including phenoxy) is 3. The van der Waals surface area contributed by atoms with E-state index in [9.17, 15) is 8.78 Å². The van der Waals surface area contributed by atoms with Crippen LogP contribution in [0.1, 0.15) is 25.7 Å². The van der Waals surface area contributed by atoms with Crippen molar-refractivity contribution in [2.24, 2.45) is 0 Å². The maximum atomic E-state index is 13.4. The van der Waals surface area contributed by atoms with Gasteiger partial charge in [-0.1, -0.05) is 0 Å². The predicted molar refractivity (Wildman–Crippen MR) is 57.4 cm³/mol. The minimum atomic E-state index is -0.533. The summed E-state index contributed by atoms with van der Waals surface area (Å²) in [7, 11) is 0. The van der Waals surface area contributed by atoms with Crippen molar-refractivity contribution < 1.29 is 23.0 Å². The molecule has 96 valence electrons. The fraction of sp³-hybridized carbons (Fsp3) is 0.667. The van der Waals surface area contributed by atoms with Gasteiger partial charge in [0.15, 0.2) is 11.7 Å². The average Bonchev–Trinajstić information content (AvgIpc) is 3.02. The lowest BCUT2D eigenvalue weighted by atomic mass is 10.2. The summed E-state index contributed by atoms with van der Waals surface area (Å²) in [5.41, 5.74) is 0. The van der Waals surface area contributed by atoms with Crippen molar-refractivity contribution in [2.45, 2.75) is 37.9 Å². The first-order chi connectivity index (χ1) is 8.27. The first kappa shape index (κ1) is 12.5. The monoisotopic (exact) mass is 246 g/mol. The number of hydrogen-bond donors (Lipinski definition) is 0. The van der Waals surface area contributed by atoms with E-state index in [0.29, 0.717) is 26.1 Å². The Labute approximate surface area is 99.0 Å². The van der Waals surface area contributed by atoms with E-state index in [0.717, 1.165) is 25.4 Å². The zero-order valence-corrected chi connectivity index (χ0v) is 9.53. The van der Waals surface area contributed by atoms with Crippen molar-refractivity contribution in [3.05, 3.63) is 24.2 Å². The minimum absolute atomic E-state index is 0.501. The fourth-order valence-corrected chi connectivity index (χ4v) is 1.91. The quantitative estimate of drug-likeness (QED) is 0.714. The zero-order valence-electron chi connectivity index (χ0n) is 9.53. The fourth-order valence-electron chi connectivity index (χ4n) is 1.91. The summed E-state index contributed by atoms with van der Waals surface area (Å²) in [6.07, 6.45) is 3.68. The Morgan fingerprint density at radius 2 is 1.41 bits per heavy atom. The normalized spacial score (nSPS) is 30.9. The van der Waals surface area contributed by atoms with Crippen molar-refractivity contribution in [3.8, 4) is 0 Å². The second-order valence-electron chi connectivity index (χ2n) is 4.14. The molecular formula is C12H16F2O3. The molecule has 2 heterocycles. The topological polar surface area (TPSA) is 27.7 Å². The third kappa shape index (κ3) is 3.51. The Kier molecular flexibility index (Phi) is 4.50. The second kappa shape index (κ2) is 6.12. The Morgan fingerprint density at radius 3 is 1.76 bits per heavy atom. The molecule has 0 aromatic carbocycles. The molecule has 0 saturated carbocycles. The highest BCUT2D eigenvalue weighted by Crippen LogP contribution is 2.22. The van der Waals surface area contributed by atoms with E-state index < -0.39 is 23.9 Å². The minimum Gasteiger partial charge on any atom is -0.467 e. The van der Waals surface area contributed by atoms with Crippen LogP contribution in [-0.2, 0) is 14.2 Å². The largest absolute Gasteiger partial charge is 0.467 e. The summed E-state index contributed by atoms with van der Waals surface area (Å²) < 4.78 is 41.7. The van der Waals surface area contributed by atoms with Gasteiger partial charge in [0.2, 0.25) is 0 Å². The highest BCUT2D eigenvalue weighted by Gasteiger charge is 2.22. The first-order valence-electron chi connectivity index (χ1n) is 5.87. The highest BCUT2D eigenvalue weighted by atomic mass is 19.1. The van der Waals surface area contributed by atoms with Crippen LogP contribution >= 0.6 is 0 Å². The van der Waals surface area contributed by atoms with Crippen LogP contribution in [0.4, 0.5) is 8.78 Å². The Balaban J connectivity index is 1.80. The maximum absolute atomic E-state index is 13.4. The van der Waals surface area contributed by atoms with Crippen LogP contribution in [0.3, 0.4) is 0 Å². The van der Waals surface area contributed by atoms with Gasteiger partial charge < -0.3 is 14.2 Å². The molecule has 0 aromatic rings. The number of halogens is 2. The number of hydrogen-bond acceptors (Lipinski definition) is 3. The summed E-state index contributed by atoms with van der Waals surface area (Å²) in [5.74, 6) is -1.00. The summed E-state index contributed by atoms with van der Waals surface area (Å²) in [6, 6.07) is 0. The lowest BCUT2D eigenvalue weighted by Crippen LogP contribution is -2.06. The molecule has 0 bridgehead atoms. The highest BCUT2D eigenvalue weighted by molar-refractivity contribution is 5.01. The van der Waals surface area contributed by atoms with Crippen LogP contribution in [0.2, 0.25) is 0 Å². The van der Waals surface area contributed by atoms with Crippen LogP contribution < -0.4 is 0 Å². The summed E-state index contributed by atoms with van der Waals surface area (Å²) in [4.78, 5) is 0. The molecule has 2 atom stereocenters. The van der Waals surface area contributed by atoms with Crippen LogP contribution in [0.25, 0.3) is 0 Å². The molecule has 0 aromatic heterocycles. The molecule has 17 heavy (non-hydrogen) atoms.